The van der Waals surface area contributed by atoms with Gasteiger partial charge in [-0.1, -0.05) is 270 Å². The molecule has 7 aromatic rings. The summed E-state index contributed by atoms with van der Waals surface area (Å²) in [5, 5.41) is 35.3. The predicted molar refractivity (Wildman–Crippen MR) is 304 cm³/mol. The number of thiophene rings is 2. The van der Waals surface area contributed by atoms with E-state index in [9.17, 15) is 10.5 Å². The van der Waals surface area contributed by atoms with E-state index in [-0.39, 0.29) is 0 Å². The van der Waals surface area contributed by atoms with Crippen molar-refractivity contribution in [1.29, 1.82) is 10.5 Å². The lowest BCUT2D eigenvalue weighted by Crippen LogP contribution is -2.06. The summed E-state index contributed by atoms with van der Waals surface area (Å²) in [6, 6.07) is 19.6. The molecule has 68 heavy (non-hydrogen) atoms. The van der Waals surface area contributed by atoms with E-state index in [4.69, 9.17) is 0 Å². The standard InChI is InChI=1S/C64H88N2S2/c1-5-9-13-17-21-23-27-31-37-47(35-29-25-19-15-11-7-3)43-53-55(45-65)67-63-59(53)49-39-33-41-51-57(49)61(63)52-42-34-40-50-58(52)62(51)64-60(50)54(56(46-66)68-64)44-48(36-30-26-20-16-12-8-4)38-32-28-24-22-18-14-10-6-2/h33-34,39-42,47-48H,5-32,35-38,43-44H2,1-4H3. The molecule has 2 atom stereocenters. The Morgan fingerprint density at radius 2 is 0.618 bits per heavy atom. The highest BCUT2D eigenvalue weighted by atomic mass is 32.1. The van der Waals surface area contributed by atoms with Gasteiger partial charge in [0.15, 0.2) is 0 Å². The molecule has 0 bridgehead atoms. The molecule has 4 heteroatoms. The molecule has 0 aliphatic carbocycles. The molecule has 0 N–H and O–H groups in total. The Bertz CT molecular complexity index is 2460. The highest BCUT2D eigenvalue weighted by Crippen LogP contribution is 2.55. The van der Waals surface area contributed by atoms with Gasteiger partial charge >= 0.3 is 0 Å². The molecule has 5 aromatic carbocycles. The molecule has 2 heterocycles. The first-order chi connectivity index (χ1) is 33.6. The predicted octanol–water partition coefficient (Wildman–Crippen LogP) is 22.2. The minimum absolute atomic E-state index is 0.615. The number of fused-ring (bicyclic) bond motifs is 8. The average molecular weight is 950 g/mol. The Morgan fingerprint density at radius 1 is 0.353 bits per heavy atom. The zero-order valence-corrected chi connectivity index (χ0v) is 45.0. The zero-order valence-electron chi connectivity index (χ0n) is 43.4. The maximum Gasteiger partial charge on any atom is 0.110 e. The van der Waals surface area contributed by atoms with Gasteiger partial charge < -0.3 is 0 Å². The van der Waals surface area contributed by atoms with Crippen LogP contribution in [-0.2, 0) is 12.8 Å². The largest absolute Gasteiger partial charge is 0.192 e. The Kier molecular flexibility index (Phi) is 21.4. The second-order valence-electron chi connectivity index (χ2n) is 21.4. The quantitative estimate of drug-likeness (QED) is 0.0291. The number of hydrogen-bond acceptors (Lipinski definition) is 4. The van der Waals surface area contributed by atoms with Crippen LogP contribution in [0.15, 0.2) is 36.4 Å². The van der Waals surface area contributed by atoms with Gasteiger partial charge in [0.25, 0.3) is 0 Å². The molecule has 0 saturated carbocycles. The van der Waals surface area contributed by atoms with Crippen molar-refractivity contribution in [3.8, 4) is 12.1 Å². The lowest BCUT2D eigenvalue weighted by atomic mass is 9.87. The molecule has 2 aromatic heterocycles. The van der Waals surface area contributed by atoms with E-state index in [1.54, 1.807) is 22.7 Å². The second-order valence-corrected chi connectivity index (χ2v) is 23.5. The van der Waals surface area contributed by atoms with Gasteiger partial charge in [-0.2, -0.15) is 10.5 Å². The van der Waals surface area contributed by atoms with Crippen molar-refractivity contribution in [2.24, 2.45) is 11.8 Å². The van der Waals surface area contributed by atoms with E-state index in [0.717, 1.165) is 22.6 Å². The Morgan fingerprint density at radius 3 is 0.897 bits per heavy atom. The minimum Gasteiger partial charge on any atom is -0.192 e. The molecule has 0 fully saturated rings. The summed E-state index contributed by atoms with van der Waals surface area (Å²) >= 11 is 3.55. The van der Waals surface area contributed by atoms with Crippen LogP contribution in [0.3, 0.4) is 0 Å². The van der Waals surface area contributed by atoms with E-state index < -0.39 is 0 Å². The van der Waals surface area contributed by atoms with Crippen molar-refractivity contribution in [1.82, 2.24) is 0 Å². The van der Waals surface area contributed by atoms with Gasteiger partial charge in [0.05, 0.1) is 0 Å². The number of nitriles is 2. The molecule has 0 aliphatic rings. The fraction of sp³-hybridized carbons (Fsp3) is 0.625. The van der Waals surface area contributed by atoms with Gasteiger partial charge in [-0.25, -0.2) is 0 Å². The third kappa shape index (κ3) is 12.7. The molecule has 7 rings (SSSR count). The van der Waals surface area contributed by atoms with E-state index in [1.165, 1.54) is 280 Å². The highest BCUT2D eigenvalue weighted by Gasteiger charge is 2.29. The number of hydrogen-bond donors (Lipinski definition) is 0. The van der Waals surface area contributed by atoms with Gasteiger partial charge in [-0.15, -0.1) is 22.7 Å². The van der Waals surface area contributed by atoms with Gasteiger partial charge in [0.1, 0.15) is 21.9 Å². The van der Waals surface area contributed by atoms with E-state index in [2.05, 4.69) is 76.2 Å². The van der Waals surface area contributed by atoms with Gasteiger partial charge in [-0.3, -0.25) is 0 Å². The van der Waals surface area contributed by atoms with E-state index >= 15 is 0 Å². The summed E-state index contributed by atoms with van der Waals surface area (Å²) < 4.78 is 2.66. The summed E-state index contributed by atoms with van der Waals surface area (Å²) in [7, 11) is 0. The SMILES string of the molecule is CCCCCCCCCCC(CCCCCCCC)Cc1c(C#N)sc2c1c1cccc3c1c2c1cccc2c4c(CC(CCCCCCCC)CCCCCCCCCC)c(C#N)sc4c3c21. The summed E-state index contributed by atoms with van der Waals surface area (Å²) in [4.78, 5) is 1.88. The third-order valence-corrected chi connectivity index (χ3v) is 18.5. The summed E-state index contributed by atoms with van der Waals surface area (Å²) in [5.41, 5.74) is 2.65. The summed E-state index contributed by atoms with van der Waals surface area (Å²) in [6.45, 7) is 9.24. The fourth-order valence-electron chi connectivity index (χ4n) is 12.5. The topological polar surface area (TPSA) is 47.6 Å². The Labute approximate surface area is 421 Å². The molecule has 0 amide bonds. The van der Waals surface area contributed by atoms with E-state index in [0.29, 0.717) is 11.8 Å². The van der Waals surface area contributed by atoms with Crippen molar-refractivity contribution in [3.05, 3.63) is 57.3 Å². The van der Waals surface area contributed by atoms with Crippen LogP contribution < -0.4 is 0 Å². The van der Waals surface area contributed by atoms with Crippen LogP contribution in [0.2, 0.25) is 0 Å². The lowest BCUT2D eigenvalue weighted by molar-refractivity contribution is 0.401. The van der Waals surface area contributed by atoms with Crippen molar-refractivity contribution in [2.45, 2.75) is 246 Å². The molecule has 0 spiro atoms. The summed E-state index contributed by atoms with van der Waals surface area (Å²) in [6.07, 6.45) is 44.9. The second kappa shape index (κ2) is 27.8. The van der Waals surface area contributed by atoms with Crippen LogP contribution in [-0.4, -0.2) is 0 Å². The number of nitrogens with zero attached hydrogens (tertiary/aromatic N) is 2. The van der Waals surface area contributed by atoms with Crippen LogP contribution in [0.5, 0.6) is 0 Å². The monoisotopic (exact) mass is 949 g/mol. The first-order valence-electron chi connectivity index (χ1n) is 28.7. The van der Waals surface area contributed by atoms with Crippen LogP contribution >= 0.6 is 22.7 Å². The molecule has 2 nitrogen and oxygen atoms in total. The van der Waals surface area contributed by atoms with Crippen molar-refractivity contribution < 1.29 is 0 Å². The Hall–Kier alpha value is -3.44. The maximum atomic E-state index is 10.9. The van der Waals surface area contributed by atoms with Gasteiger partial charge in [0, 0.05) is 30.9 Å². The molecule has 0 saturated heterocycles. The molecule has 0 radical (unpaired) electrons. The first kappa shape index (κ1) is 52.4. The van der Waals surface area contributed by atoms with Crippen LogP contribution in [0, 0.1) is 34.5 Å². The zero-order chi connectivity index (χ0) is 47.5. The number of rotatable bonds is 36. The normalized spacial score (nSPS) is 13.1. The maximum absolute atomic E-state index is 10.9. The smallest absolute Gasteiger partial charge is 0.110 e. The first-order valence-corrected chi connectivity index (χ1v) is 30.4. The number of benzene rings is 3. The van der Waals surface area contributed by atoms with Crippen molar-refractivity contribution in [2.75, 3.05) is 0 Å². The Balaban J connectivity index is 1.23. The number of unbranched alkanes of at least 4 members (excludes halogenated alkanes) is 24. The van der Waals surface area contributed by atoms with Gasteiger partial charge in [-0.05, 0) is 68.1 Å². The third-order valence-electron chi connectivity index (χ3n) is 16.2. The van der Waals surface area contributed by atoms with Crippen LogP contribution in [0.1, 0.15) is 254 Å². The lowest BCUT2D eigenvalue weighted by Gasteiger charge is -2.17. The van der Waals surface area contributed by atoms with Crippen LogP contribution in [0.4, 0.5) is 0 Å². The molecular formula is C64H88N2S2. The van der Waals surface area contributed by atoms with Crippen molar-refractivity contribution in [3.63, 3.8) is 0 Å². The van der Waals surface area contributed by atoms with E-state index in [1.807, 2.05) is 0 Å². The minimum atomic E-state index is 0.615. The van der Waals surface area contributed by atoms with Crippen molar-refractivity contribution >= 4 is 85.9 Å². The van der Waals surface area contributed by atoms with Crippen LogP contribution in [0.25, 0.3) is 63.3 Å². The fourth-order valence-corrected chi connectivity index (χ4v) is 14.9. The molecular weight excluding hydrogens is 861 g/mol. The average Bonchev–Trinajstić information content (AvgIpc) is 4.09. The molecule has 0 aliphatic heterocycles. The molecule has 366 valence electrons. The van der Waals surface area contributed by atoms with Gasteiger partial charge in [0.2, 0.25) is 0 Å². The molecule has 2 unspecified atom stereocenters. The highest BCUT2D eigenvalue weighted by molar-refractivity contribution is 7.22. The summed E-state index contributed by atoms with van der Waals surface area (Å²) in [5.74, 6) is 1.23.